The highest BCUT2D eigenvalue weighted by Gasteiger charge is 2.26. The molecule has 0 aromatic heterocycles. The fourth-order valence-corrected chi connectivity index (χ4v) is 1.24. The van der Waals surface area contributed by atoms with Gasteiger partial charge in [0, 0.05) is 11.6 Å². The number of rotatable bonds is 5. The Balaban J connectivity index is 3.41. The number of aliphatic carboxylic acids is 1. The van der Waals surface area contributed by atoms with Crippen molar-refractivity contribution in [1.29, 1.82) is 0 Å². The zero-order chi connectivity index (χ0) is 14.6. The average Bonchev–Trinajstić information content (AvgIpc) is 2.26. The van der Waals surface area contributed by atoms with Crippen LogP contribution >= 0.6 is 0 Å². The number of carboxylic acids is 1. The van der Waals surface area contributed by atoms with Gasteiger partial charge in [0.25, 0.3) is 0 Å². The van der Waals surface area contributed by atoms with Crippen molar-refractivity contribution in [2.24, 2.45) is 0 Å². The third kappa shape index (κ3) is 3.69. The van der Waals surface area contributed by atoms with Crippen LogP contribution in [0.3, 0.4) is 0 Å². The first-order chi connectivity index (χ1) is 8.82. The zero-order valence-corrected chi connectivity index (χ0v) is 9.05. The second-order valence-corrected chi connectivity index (χ2v) is 3.12. The van der Waals surface area contributed by atoms with Gasteiger partial charge >= 0.3 is 18.3 Å². The maximum absolute atomic E-state index is 13.2. The SMILES string of the molecule is O=C(O)/C=C/c1ccc(F)c([N+](=O)[O-])c1OC(F)F. The van der Waals surface area contributed by atoms with E-state index in [1.54, 1.807) is 0 Å². The van der Waals surface area contributed by atoms with Gasteiger partial charge < -0.3 is 9.84 Å². The molecular weight excluding hydrogens is 271 g/mol. The van der Waals surface area contributed by atoms with Gasteiger partial charge in [-0.2, -0.15) is 13.2 Å². The Morgan fingerprint density at radius 1 is 1.47 bits per heavy atom. The maximum Gasteiger partial charge on any atom is 0.387 e. The number of nitrogens with zero attached hydrogens (tertiary/aromatic N) is 1. The van der Waals surface area contributed by atoms with Gasteiger partial charge in [-0.3, -0.25) is 10.1 Å². The highest BCUT2D eigenvalue weighted by atomic mass is 19.3. The zero-order valence-electron chi connectivity index (χ0n) is 9.05. The Kier molecular flexibility index (Phi) is 4.46. The van der Waals surface area contributed by atoms with E-state index in [1.165, 1.54) is 0 Å². The van der Waals surface area contributed by atoms with Crippen molar-refractivity contribution in [2.75, 3.05) is 0 Å². The van der Waals surface area contributed by atoms with Gasteiger partial charge in [0.2, 0.25) is 11.6 Å². The van der Waals surface area contributed by atoms with E-state index in [-0.39, 0.29) is 5.56 Å². The highest BCUT2D eigenvalue weighted by Crippen LogP contribution is 2.35. The van der Waals surface area contributed by atoms with Crippen LogP contribution in [0.15, 0.2) is 18.2 Å². The molecule has 0 atom stereocenters. The van der Waals surface area contributed by atoms with Crippen molar-refractivity contribution in [3.63, 3.8) is 0 Å². The first-order valence-electron chi connectivity index (χ1n) is 4.65. The van der Waals surface area contributed by atoms with Crippen molar-refractivity contribution in [2.45, 2.75) is 6.61 Å². The predicted octanol–water partition coefficient (Wildman–Crippen LogP) is 2.43. The summed E-state index contributed by atoms with van der Waals surface area (Å²) in [6, 6.07) is 1.54. The number of halogens is 3. The summed E-state index contributed by atoms with van der Waals surface area (Å²) in [7, 11) is 0. The molecule has 19 heavy (non-hydrogen) atoms. The summed E-state index contributed by atoms with van der Waals surface area (Å²) >= 11 is 0. The number of nitro benzene ring substituents is 1. The number of hydrogen-bond acceptors (Lipinski definition) is 4. The van der Waals surface area contributed by atoms with Crippen molar-refractivity contribution in [1.82, 2.24) is 0 Å². The molecule has 0 amide bonds. The van der Waals surface area contributed by atoms with E-state index >= 15 is 0 Å². The van der Waals surface area contributed by atoms with E-state index in [9.17, 15) is 28.1 Å². The minimum Gasteiger partial charge on any atom is -0.478 e. The summed E-state index contributed by atoms with van der Waals surface area (Å²) < 4.78 is 41.4. The van der Waals surface area contributed by atoms with E-state index < -0.39 is 34.8 Å². The van der Waals surface area contributed by atoms with Gasteiger partial charge in [-0.25, -0.2) is 4.79 Å². The molecular formula is C10H6F3NO5. The average molecular weight is 277 g/mol. The molecule has 0 unspecified atom stereocenters. The summed E-state index contributed by atoms with van der Waals surface area (Å²) in [5.74, 6) is -3.81. The number of ether oxygens (including phenoxy) is 1. The van der Waals surface area contributed by atoms with E-state index in [0.29, 0.717) is 12.1 Å². The van der Waals surface area contributed by atoms with Gasteiger partial charge in [-0.1, -0.05) is 0 Å². The first kappa shape index (κ1) is 14.5. The molecule has 0 aliphatic rings. The van der Waals surface area contributed by atoms with Gasteiger partial charge in [0.1, 0.15) is 0 Å². The molecule has 1 rings (SSSR count). The fourth-order valence-electron chi connectivity index (χ4n) is 1.24. The quantitative estimate of drug-likeness (QED) is 0.507. The lowest BCUT2D eigenvalue weighted by Gasteiger charge is -2.08. The third-order valence-electron chi connectivity index (χ3n) is 1.91. The molecule has 0 aliphatic heterocycles. The van der Waals surface area contributed by atoms with E-state index in [1.807, 2.05) is 0 Å². The maximum atomic E-state index is 13.2. The van der Waals surface area contributed by atoms with Crippen LogP contribution in [-0.4, -0.2) is 22.6 Å². The molecule has 0 radical (unpaired) electrons. The topological polar surface area (TPSA) is 89.7 Å². The summed E-state index contributed by atoms with van der Waals surface area (Å²) in [5, 5.41) is 19.0. The minimum absolute atomic E-state index is 0.351. The molecule has 102 valence electrons. The van der Waals surface area contributed by atoms with E-state index in [2.05, 4.69) is 4.74 Å². The summed E-state index contributed by atoms with van der Waals surface area (Å²) in [6.45, 7) is -3.42. The summed E-state index contributed by atoms with van der Waals surface area (Å²) in [6.07, 6.45) is 1.34. The van der Waals surface area contributed by atoms with Gasteiger partial charge in [0.05, 0.1) is 4.92 Å². The standard InChI is InChI=1S/C10H6F3NO5/c11-6-3-1-5(2-4-7(15)16)9(19-10(12)13)8(6)14(17)18/h1-4,10H,(H,15,16)/b4-2+. The van der Waals surface area contributed by atoms with Gasteiger partial charge in [0.15, 0.2) is 0 Å². The van der Waals surface area contributed by atoms with E-state index in [4.69, 9.17) is 5.11 Å². The molecule has 1 N–H and O–H groups in total. The molecule has 0 fully saturated rings. The lowest BCUT2D eigenvalue weighted by molar-refractivity contribution is -0.389. The summed E-state index contributed by atoms with van der Waals surface area (Å²) in [5.41, 5.74) is -1.64. The second-order valence-electron chi connectivity index (χ2n) is 3.12. The molecule has 1 aromatic rings. The van der Waals surface area contributed by atoms with Crippen LogP contribution in [0, 0.1) is 15.9 Å². The lowest BCUT2D eigenvalue weighted by atomic mass is 10.1. The van der Waals surface area contributed by atoms with Crippen LogP contribution in [0.4, 0.5) is 18.9 Å². The molecule has 0 bridgehead atoms. The molecule has 0 spiro atoms. The van der Waals surface area contributed by atoms with Crippen molar-refractivity contribution in [3.05, 3.63) is 39.7 Å². The Hall–Kier alpha value is -2.58. The molecule has 9 heteroatoms. The second kappa shape index (κ2) is 5.85. The minimum atomic E-state index is -3.42. The Morgan fingerprint density at radius 3 is 2.58 bits per heavy atom. The van der Waals surface area contributed by atoms with Crippen molar-refractivity contribution < 1.29 is 32.7 Å². The van der Waals surface area contributed by atoms with Crippen LogP contribution in [-0.2, 0) is 4.79 Å². The number of carbonyl (C=O) groups is 1. The Labute approximate surface area is 103 Å². The molecule has 0 saturated heterocycles. The molecule has 0 aliphatic carbocycles. The van der Waals surface area contributed by atoms with Crippen LogP contribution in [0.25, 0.3) is 6.08 Å². The van der Waals surface area contributed by atoms with Crippen molar-refractivity contribution >= 4 is 17.7 Å². The number of hydrogen-bond donors (Lipinski definition) is 1. The molecule has 6 nitrogen and oxygen atoms in total. The van der Waals surface area contributed by atoms with Crippen LogP contribution in [0.5, 0.6) is 5.75 Å². The van der Waals surface area contributed by atoms with Crippen LogP contribution < -0.4 is 4.74 Å². The number of nitro groups is 1. The Bertz CT molecular complexity index is 544. The normalized spacial score (nSPS) is 10.9. The molecule has 1 aromatic carbocycles. The third-order valence-corrected chi connectivity index (χ3v) is 1.91. The summed E-state index contributed by atoms with van der Waals surface area (Å²) in [4.78, 5) is 19.7. The fraction of sp³-hybridized carbons (Fsp3) is 0.100. The van der Waals surface area contributed by atoms with E-state index in [0.717, 1.165) is 12.1 Å². The monoisotopic (exact) mass is 277 g/mol. The smallest absolute Gasteiger partial charge is 0.387 e. The van der Waals surface area contributed by atoms with Crippen LogP contribution in [0.1, 0.15) is 5.56 Å². The number of benzene rings is 1. The van der Waals surface area contributed by atoms with Crippen molar-refractivity contribution in [3.8, 4) is 5.75 Å². The Morgan fingerprint density at radius 2 is 2.11 bits per heavy atom. The lowest BCUT2D eigenvalue weighted by Crippen LogP contribution is -2.07. The van der Waals surface area contributed by atoms with Gasteiger partial charge in [-0.15, -0.1) is 0 Å². The largest absolute Gasteiger partial charge is 0.478 e. The van der Waals surface area contributed by atoms with Gasteiger partial charge in [-0.05, 0) is 18.2 Å². The highest BCUT2D eigenvalue weighted by molar-refractivity contribution is 5.86. The first-order valence-corrected chi connectivity index (χ1v) is 4.65. The molecule has 0 saturated carbocycles. The van der Waals surface area contributed by atoms with Crippen LogP contribution in [0.2, 0.25) is 0 Å². The number of carboxylic acid groups (broad SMARTS) is 1. The molecule has 0 heterocycles. The number of alkyl halides is 2. The predicted molar refractivity (Wildman–Crippen MR) is 56.4 cm³/mol.